The number of amides is 2. The van der Waals surface area contributed by atoms with Crippen molar-refractivity contribution in [2.24, 2.45) is 17.0 Å². The largest absolute Gasteiger partial charge is 0.394 e. The van der Waals surface area contributed by atoms with Gasteiger partial charge in [-0.05, 0) is 32.2 Å². The monoisotopic (exact) mass is 572 g/mol. The molecule has 0 fully saturated rings. The number of nitrogens with one attached hydrogen (secondary N) is 1. The average molecular weight is 573 g/mol. The molecule has 0 aromatic carbocycles. The van der Waals surface area contributed by atoms with Crippen LogP contribution in [0.15, 0.2) is 17.8 Å². The van der Waals surface area contributed by atoms with Gasteiger partial charge in [-0.3, -0.25) is 14.5 Å². The predicted octanol–water partition coefficient (Wildman–Crippen LogP) is 2.60. The van der Waals surface area contributed by atoms with Gasteiger partial charge in [-0.1, -0.05) is 45.3 Å². The van der Waals surface area contributed by atoms with E-state index in [0.717, 1.165) is 6.42 Å². The molecule has 0 bridgehead atoms. The molecule has 0 aliphatic rings. The molecular weight excluding hydrogens is 516 g/mol. The van der Waals surface area contributed by atoms with Crippen LogP contribution >= 0.6 is 0 Å². The molecule has 0 rings (SSSR count). The van der Waals surface area contributed by atoms with Crippen LogP contribution in [-0.2, 0) is 33.4 Å². The highest BCUT2D eigenvalue weighted by molar-refractivity contribution is 5.87. The second-order valence-corrected chi connectivity index (χ2v) is 10.1. The van der Waals surface area contributed by atoms with Crippen LogP contribution < -0.4 is 5.32 Å². The molecule has 0 aromatic heterocycles. The summed E-state index contributed by atoms with van der Waals surface area (Å²) < 4.78 is 22.2. The van der Waals surface area contributed by atoms with Gasteiger partial charge in [0.1, 0.15) is 6.61 Å². The quantitative estimate of drug-likeness (QED) is 0.0769. The van der Waals surface area contributed by atoms with Crippen molar-refractivity contribution in [3.63, 3.8) is 0 Å². The summed E-state index contributed by atoms with van der Waals surface area (Å²) in [4.78, 5) is 34.8. The van der Waals surface area contributed by atoms with E-state index >= 15 is 0 Å². The molecule has 234 valence electrons. The summed E-state index contributed by atoms with van der Waals surface area (Å²) in [7, 11) is 5.32. The molecule has 0 aliphatic heterocycles. The number of oxime groups is 1. The van der Waals surface area contributed by atoms with Gasteiger partial charge in [0, 0.05) is 26.9 Å². The zero-order chi connectivity index (χ0) is 30.3. The molecule has 0 spiro atoms. The Labute approximate surface area is 242 Å². The smallest absolute Gasteiger partial charge is 0.242 e. The number of ether oxygens (including phenoxy) is 4. The summed E-state index contributed by atoms with van der Waals surface area (Å²) >= 11 is 0. The minimum absolute atomic E-state index is 0.0543. The number of rotatable bonds is 25. The van der Waals surface area contributed by atoms with E-state index in [-0.39, 0.29) is 48.4 Å². The summed E-state index contributed by atoms with van der Waals surface area (Å²) in [6.07, 6.45) is 4.78. The highest BCUT2D eigenvalue weighted by Crippen LogP contribution is 2.21. The Balaban J connectivity index is 4.52. The molecular formula is C29H56N4O7. The summed E-state index contributed by atoms with van der Waals surface area (Å²) in [5, 5.41) is 6.49. The van der Waals surface area contributed by atoms with Crippen LogP contribution in [0.5, 0.6) is 0 Å². The fourth-order valence-electron chi connectivity index (χ4n) is 4.46. The van der Waals surface area contributed by atoms with Crippen LogP contribution in [0.25, 0.3) is 0 Å². The number of carbonyl (C=O) groups is 2. The highest BCUT2D eigenvalue weighted by atomic mass is 16.6. The van der Waals surface area contributed by atoms with Crippen molar-refractivity contribution in [2.45, 2.75) is 65.6 Å². The predicted molar refractivity (Wildman–Crippen MR) is 158 cm³/mol. The third-order valence-corrected chi connectivity index (χ3v) is 6.77. The molecule has 0 saturated heterocycles. The summed E-state index contributed by atoms with van der Waals surface area (Å²) in [5.74, 6) is -0.0425. The van der Waals surface area contributed by atoms with Crippen molar-refractivity contribution in [1.29, 1.82) is 0 Å². The van der Waals surface area contributed by atoms with E-state index in [4.69, 9.17) is 23.8 Å². The number of methoxy groups -OCH3 is 1. The molecule has 40 heavy (non-hydrogen) atoms. The Hall–Kier alpha value is -2.05. The van der Waals surface area contributed by atoms with Crippen molar-refractivity contribution < 1.29 is 33.4 Å². The zero-order valence-corrected chi connectivity index (χ0v) is 26.2. The highest BCUT2D eigenvalue weighted by Gasteiger charge is 2.32. The topological polar surface area (TPSA) is 111 Å². The van der Waals surface area contributed by atoms with E-state index in [2.05, 4.69) is 30.9 Å². The van der Waals surface area contributed by atoms with Gasteiger partial charge in [0.15, 0.2) is 0 Å². The Kier molecular flexibility index (Phi) is 22.4. The van der Waals surface area contributed by atoms with Gasteiger partial charge in [0.05, 0.1) is 64.4 Å². The number of hydrogen-bond donors (Lipinski definition) is 1. The van der Waals surface area contributed by atoms with E-state index in [1.54, 1.807) is 32.2 Å². The summed E-state index contributed by atoms with van der Waals surface area (Å²) in [6, 6.07) is -0.505. The zero-order valence-electron chi connectivity index (χ0n) is 26.2. The van der Waals surface area contributed by atoms with E-state index in [9.17, 15) is 9.59 Å². The number of likely N-dealkylation sites (N-methyl/N-ethyl adjacent to an activating group) is 2. The first-order valence-corrected chi connectivity index (χ1v) is 14.4. The fraction of sp³-hybridized carbons (Fsp3) is 0.828. The number of nitrogens with zero attached hydrogens (tertiary/aromatic N) is 3. The molecule has 0 aliphatic carbocycles. The van der Waals surface area contributed by atoms with Gasteiger partial charge >= 0.3 is 0 Å². The van der Waals surface area contributed by atoms with Gasteiger partial charge in [-0.25, -0.2) is 0 Å². The third kappa shape index (κ3) is 15.7. The van der Waals surface area contributed by atoms with Crippen LogP contribution in [0.2, 0.25) is 0 Å². The summed E-state index contributed by atoms with van der Waals surface area (Å²) in [6.45, 7) is 17.5. The second-order valence-electron chi connectivity index (χ2n) is 10.1. The number of hydrogen-bond acceptors (Lipinski definition) is 9. The van der Waals surface area contributed by atoms with E-state index in [1.807, 2.05) is 31.9 Å². The van der Waals surface area contributed by atoms with E-state index in [0.29, 0.717) is 59.2 Å². The van der Waals surface area contributed by atoms with Crippen LogP contribution in [0.1, 0.15) is 47.5 Å². The summed E-state index contributed by atoms with van der Waals surface area (Å²) in [5.41, 5.74) is 0. The lowest BCUT2D eigenvalue weighted by molar-refractivity contribution is -0.138. The maximum atomic E-state index is 13.1. The maximum absolute atomic E-state index is 13.1. The Morgan fingerprint density at radius 3 is 2.05 bits per heavy atom. The van der Waals surface area contributed by atoms with Crippen molar-refractivity contribution >= 4 is 18.0 Å². The van der Waals surface area contributed by atoms with Gasteiger partial charge < -0.3 is 34.0 Å². The first kappa shape index (κ1) is 38.0. The van der Waals surface area contributed by atoms with Crippen molar-refractivity contribution in [1.82, 2.24) is 15.1 Å². The standard InChI is InChI=1S/C29H56N4O7/c1-10-13-25(36-9)28(24(6)11-2)33(8)26(34)22-30-29(35)27(23(4)5)32(7)14-15-37-16-17-38-18-19-39-20-21-40-31-12-3/h10,12,23-25,27-28H,1,11,13-22H2,2-9H3,(H,30,35)/b31-12+. The van der Waals surface area contributed by atoms with Gasteiger partial charge in [-0.15, -0.1) is 6.58 Å². The molecule has 0 aromatic rings. The lowest BCUT2D eigenvalue weighted by Crippen LogP contribution is -2.54. The molecule has 2 amide bonds. The number of carbonyl (C=O) groups excluding carboxylic acids is 2. The lowest BCUT2D eigenvalue weighted by atomic mass is 9.91. The van der Waals surface area contributed by atoms with Crippen molar-refractivity contribution in [2.75, 3.05) is 80.5 Å². The second kappa shape index (κ2) is 23.6. The molecule has 0 heterocycles. The molecule has 1 N–H and O–H groups in total. The van der Waals surface area contributed by atoms with Crippen LogP contribution in [0.4, 0.5) is 0 Å². The van der Waals surface area contributed by atoms with Crippen LogP contribution in [0, 0.1) is 11.8 Å². The first-order chi connectivity index (χ1) is 19.2. The van der Waals surface area contributed by atoms with Gasteiger partial charge in [0.2, 0.25) is 11.8 Å². The minimum Gasteiger partial charge on any atom is -0.394 e. The maximum Gasteiger partial charge on any atom is 0.242 e. The van der Waals surface area contributed by atoms with Crippen molar-refractivity contribution in [3.8, 4) is 0 Å². The average Bonchev–Trinajstić information content (AvgIpc) is 2.93. The third-order valence-electron chi connectivity index (χ3n) is 6.77. The van der Waals surface area contributed by atoms with Gasteiger partial charge in [-0.2, -0.15) is 0 Å². The molecule has 0 radical (unpaired) electrons. The normalized spacial score (nSPS) is 14.8. The lowest BCUT2D eigenvalue weighted by Gasteiger charge is -2.37. The molecule has 11 nitrogen and oxygen atoms in total. The van der Waals surface area contributed by atoms with Crippen LogP contribution in [-0.4, -0.2) is 127 Å². The Bertz CT molecular complexity index is 708. The van der Waals surface area contributed by atoms with Crippen molar-refractivity contribution in [3.05, 3.63) is 12.7 Å². The Morgan fingerprint density at radius 1 is 0.975 bits per heavy atom. The van der Waals surface area contributed by atoms with Crippen LogP contribution in [0.3, 0.4) is 0 Å². The fourth-order valence-corrected chi connectivity index (χ4v) is 4.46. The minimum atomic E-state index is -0.389. The molecule has 4 atom stereocenters. The molecule has 0 saturated carbocycles. The first-order valence-electron chi connectivity index (χ1n) is 14.4. The SMILES string of the molecule is C=CCC(OC)C(C(C)CC)N(C)C(=O)CNC(=O)C(C(C)C)N(C)CCOCCOCCOCCO/N=C/C. The van der Waals surface area contributed by atoms with E-state index in [1.165, 1.54) is 0 Å². The van der Waals surface area contributed by atoms with Gasteiger partial charge in [0.25, 0.3) is 0 Å². The molecule has 11 heteroatoms. The Morgan fingerprint density at radius 2 is 1.55 bits per heavy atom. The molecule has 4 unspecified atom stereocenters. The van der Waals surface area contributed by atoms with E-state index < -0.39 is 0 Å².